The minimum Gasteiger partial charge on any atom is -0.469 e. The number of halogens is 1. The maximum atomic E-state index is 11.7. The number of aliphatic imine (C=N–C) groups is 1. The van der Waals surface area contributed by atoms with Gasteiger partial charge in [-0.25, -0.2) is 0 Å². The number of rotatable bonds is 11. The lowest BCUT2D eigenvalue weighted by atomic mass is 10.3. The van der Waals surface area contributed by atoms with Gasteiger partial charge in [-0.15, -0.1) is 24.0 Å². The highest BCUT2D eigenvalue weighted by Gasteiger charge is 2.18. The molecule has 8 nitrogen and oxygen atoms in total. The summed E-state index contributed by atoms with van der Waals surface area (Å²) < 4.78 is 10.8. The van der Waals surface area contributed by atoms with Gasteiger partial charge in [0.05, 0.1) is 19.5 Å². The Morgan fingerprint density at radius 3 is 2.67 bits per heavy atom. The van der Waals surface area contributed by atoms with Gasteiger partial charge in [-0.05, 0) is 37.9 Å². The van der Waals surface area contributed by atoms with E-state index in [1.807, 2.05) is 17.0 Å². The van der Waals surface area contributed by atoms with E-state index in [1.54, 1.807) is 6.26 Å². The van der Waals surface area contributed by atoms with Crippen LogP contribution in [0.2, 0.25) is 0 Å². The zero-order valence-corrected chi connectivity index (χ0v) is 20.1. The number of carbonyl (C=O) groups excluding carboxylic acids is 1. The fourth-order valence-electron chi connectivity index (χ4n) is 3.66. The predicted octanol–water partition coefficient (Wildman–Crippen LogP) is 1.71. The Morgan fingerprint density at radius 1 is 1.10 bits per heavy atom. The Bertz CT molecular complexity index is 620. The molecule has 0 spiro atoms. The molecular formula is C21H36IN5O3. The van der Waals surface area contributed by atoms with Crippen LogP contribution in [0.25, 0.3) is 0 Å². The van der Waals surface area contributed by atoms with Gasteiger partial charge in [0, 0.05) is 58.7 Å². The van der Waals surface area contributed by atoms with Crippen molar-refractivity contribution in [1.82, 2.24) is 20.4 Å². The summed E-state index contributed by atoms with van der Waals surface area (Å²) in [4.78, 5) is 20.8. The fourth-order valence-corrected chi connectivity index (χ4v) is 3.66. The number of nitrogens with zero attached hydrogens (tertiary/aromatic N) is 3. The topological polar surface area (TPSA) is 82.3 Å². The van der Waals surface area contributed by atoms with Gasteiger partial charge in [0.2, 0.25) is 5.91 Å². The Kier molecular flexibility index (Phi) is 12.2. The molecule has 30 heavy (non-hydrogen) atoms. The van der Waals surface area contributed by atoms with Crippen LogP contribution in [0, 0.1) is 0 Å². The van der Waals surface area contributed by atoms with E-state index >= 15 is 0 Å². The Labute approximate surface area is 196 Å². The van der Waals surface area contributed by atoms with Gasteiger partial charge >= 0.3 is 0 Å². The summed E-state index contributed by atoms with van der Waals surface area (Å²) >= 11 is 0. The lowest BCUT2D eigenvalue weighted by Crippen LogP contribution is -2.41. The van der Waals surface area contributed by atoms with Crippen molar-refractivity contribution >= 4 is 35.8 Å². The summed E-state index contributed by atoms with van der Waals surface area (Å²) in [5, 5.41) is 6.84. The standard InChI is InChI=1S/C21H35N5O3.HI/c27-20-6-1-12-26(20)13-4-9-23-21(24-10-7-19-5-2-16-29-19)22-8-3-11-25-14-17-28-18-15-25;/h2,5,16H,1,3-4,6-15,17-18H2,(H2,22,23,24);1H. The van der Waals surface area contributed by atoms with E-state index in [-0.39, 0.29) is 29.9 Å². The molecule has 1 aromatic rings. The third kappa shape index (κ3) is 9.22. The second-order valence-corrected chi connectivity index (χ2v) is 7.56. The van der Waals surface area contributed by atoms with Gasteiger partial charge < -0.3 is 24.7 Å². The second kappa shape index (κ2) is 14.6. The van der Waals surface area contributed by atoms with Crippen molar-refractivity contribution in [2.45, 2.75) is 32.1 Å². The van der Waals surface area contributed by atoms with E-state index in [1.165, 1.54) is 0 Å². The minimum atomic E-state index is 0. The molecule has 0 saturated carbocycles. The molecule has 2 saturated heterocycles. The second-order valence-electron chi connectivity index (χ2n) is 7.56. The SMILES string of the molecule is I.O=C1CCCN1CCCN=C(NCCCN1CCOCC1)NCCc1ccco1. The summed E-state index contributed by atoms with van der Waals surface area (Å²) in [5.74, 6) is 2.09. The Hall–Kier alpha value is -1.33. The van der Waals surface area contributed by atoms with Crippen molar-refractivity contribution in [2.24, 2.45) is 4.99 Å². The third-order valence-corrected chi connectivity index (χ3v) is 5.32. The molecule has 0 radical (unpaired) electrons. The van der Waals surface area contributed by atoms with Crippen LogP contribution in [0.1, 0.15) is 31.4 Å². The number of amides is 1. The summed E-state index contributed by atoms with van der Waals surface area (Å²) in [6.07, 6.45) is 6.18. The first-order chi connectivity index (χ1) is 14.3. The van der Waals surface area contributed by atoms with E-state index in [4.69, 9.17) is 14.1 Å². The first-order valence-corrected chi connectivity index (χ1v) is 10.9. The molecule has 3 rings (SSSR count). The molecule has 170 valence electrons. The molecule has 0 unspecified atom stereocenters. The molecule has 3 heterocycles. The highest BCUT2D eigenvalue weighted by atomic mass is 127. The van der Waals surface area contributed by atoms with Crippen LogP contribution in [-0.2, 0) is 16.0 Å². The van der Waals surface area contributed by atoms with Crippen LogP contribution in [-0.4, -0.2) is 87.2 Å². The highest BCUT2D eigenvalue weighted by Crippen LogP contribution is 2.09. The number of hydrogen-bond acceptors (Lipinski definition) is 5. The van der Waals surface area contributed by atoms with Gasteiger partial charge in [0.15, 0.2) is 5.96 Å². The summed E-state index contributed by atoms with van der Waals surface area (Å²) in [7, 11) is 0. The number of guanidine groups is 1. The minimum absolute atomic E-state index is 0. The van der Waals surface area contributed by atoms with Gasteiger partial charge in [-0.3, -0.25) is 14.7 Å². The van der Waals surface area contributed by atoms with Crippen molar-refractivity contribution in [3.05, 3.63) is 24.2 Å². The van der Waals surface area contributed by atoms with E-state index in [9.17, 15) is 4.79 Å². The first kappa shape index (κ1) is 24.9. The van der Waals surface area contributed by atoms with Crippen LogP contribution in [0.3, 0.4) is 0 Å². The number of likely N-dealkylation sites (tertiary alicyclic amines) is 1. The summed E-state index contributed by atoms with van der Waals surface area (Å²) in [5.41, 5.74) is 0. The van der Waals surface area contributed by atoms with Gasteiger partial charge in [0.25, 0.3) is 0 Å². The van der Waals surface area contributed by atoms with Crippen molar-refractivity contribution in [3.63, 3.8) is 0 Å². The quantitative estimate of drug-likeness (QED) is 0.195. The van der Waals surface area contributed by atoms with Crippen LogP contribution in [0.15, 0.2) is 27.8 Å². The number of furan rings is 1. The monoisotopic (exact) mass is 533 g/mol. The maximum absolute atomic E-state index is 11.7. The molecule has 9 heteroatoms. The summed E-state index contributed by atoms with van der Waals surface area (Å²) in [6, 6.07) is 3.90. The average Bonchev–Trinajstić information content (AvgIpc) is 3.40. The van der Waals surface area contributed by atoms with Gasteiger partial charge in [-0.1, -0.05) is 0 Å². The number of nitrogens with one attached hydrogen (secondary N) is 2. The lowest BCUT2D eigenvalue weighted by Gasteiger charge is -2.26. The molecular weight excluding hydrogens is 497 g/mol. The lowest BCUT2D eigenvalue weighted by molar-refractivity contribution is -0.127. The molecule has 2 fully saturated rings. The van der Waals surface area contributed by atoms with Crippen LogP contribution in [0.5, 0.6) is 0 Å². The smallest absolute Gasteiger partial charge is 0.222 e. The van der Waals surface area contributed by atoms with Crippen molar-refractivity contribution in [1.29, 1.82) is 0 Å². The first-order valence-electron chi connectivity index (χ1n) is 10.9. The van der Waals surface area contributed by atoms with Crippen molar-refractivity contribution < 1.29 is 13.9 Å². The van der Waals surface area contributed by atoms with E-state index in [0.717, 1.165) is 96.4 Å². The highest BCUT2D eigenvalue weighted by molar-refractivity contribution is 14.0. The maximum Gasteiger partial charge on any atom is 0.222 e. The molecule has 0 atom stereocenters. The largest absolute Gasteiger partial charge is 0.469 e. The van der Waals surface area contributed by atoms with Crippen LogP contribution in [0.4, 0.5) is 0 Å². The van der Waals surface area contributed by atoms with Gasteiger partial charge in [-0.2, -0.15) is 0 Å². The van der Waals surface area contributed by atoms with Crippen LogP contribution >= 0.6 is 24.0 Å². The van der Waals surface area contributed by atoms with E-state index in [2.05, 4.69) is 15.5 Å². The van der Waals surface area contributed by atoms with E-state index < -0.39 is 0 Å². The molecule has 1 amide bonds. The Balaban J connectivity index is 0.00000320. The van der Waals surface area contributed by atoms with Crippen molar-refractivity contribution in [2.75, 3.05) is 65.6 Å². The average molecular weight is 533 g/mol. The number of carbonyl (C=O) groups is 1. The molecule has 0 aromatic carbocycles. The molecule has 2 aliphatic heterocycles. The number of ether oxygens (including phenoxy) is 1. The molecule has 0 bridgehead atoms. The third-order valence-electron chi connectivity index (χ3n) is 5.32. The van der Waals surface area contributed by atoms with Crippen molar-refractivity contribution in [3.8, 4) is 0 Å². The zero-order valence-electron chi connectivity index (χ0n) is 17.8. The number of hydrogen-bond donors (Lipinski definition) is 2. The molecule has 0 aliphatic carbocycles. The van der Waals surface area contributed by atoms with E-state index in [0.29, 0.717) is 13.0 Å². The fraction of sp³-hybridized carbons (Fsp3) is 0.714. The molecule has 1 aromatic heterocycles. The molecule has 2 N–H and O–H groups in total. The normalized spacial score (nSPS) is 17.8. The summed E-state index contributed by atoms with van der Waals surface area (Å²) in [6.45, 7) is 8.88. The molecule has 2 aliphatic rings. The number of morpholine rings is 1. The van der Waals surface area contributed by atoms with Crippen LogP contribution < -0.4 is 10.6 Å². The predicted molar refractivity (Wildman–Crippen MR) is 128 cm³/mol. The van der Waals surface area contributed by atoms with Gasteiger partial charge in [0.1, 0.15) is 5.76 Å². The zero-order chi connectivity index (χ0) is 20.2. The Morgan fingerprint density at radius 2 is 1.93 bits per heavy atom.